The normalized spacial score (nSPS) is 21.1. The van der Waals surface area contributed by atoms with Crippen molar-refractivity contribution in [3.05, 3.63) is 27.8 Å². The van der Waals surface area contributed by atoms with Crippen LogP contribution < -0.4 is 26.5 Å². The second-order valence-electron chi connectivity index (χ2n) is 6.87. The van der Waals surface area contributed by atoms with Crippen molar-refractivity contribution in [2.24, 2.45) is 5.73 Å². The predicted octanol–water partition coefficient (Wildman–Crippen LogP) is 1.33. The molecule has 2 aliphatic rings. The van der Waals surface area contributed by atoms with Gasteiger partial charge < -0.3 is 30.8 Å². The fourth-order valence-corrected chi connectivity index (χ4v) is 3.76. The van der Waals surface area contributed by atoms with Gasteiger partial charge in [-0.15, -0.1) is 12.4 Å². The van der Waals surface area contributed by atoms with Crippen molar-refractivity contribution >= 4 is 40.7 Å². The summed E-state index contributed by atoms with van der Waals surface area (Å²) in [5, 5.41) is 9.18. The lowest BCUT2D eigenvalue weighted by molar-refractivity contribution is 0.0694. The Hall–Kier alpha value is -2.52. The molecule has 0 radical (unpaired) electrons. The minimum atomic E-state index is -1.38. The van der Waals surface area contributed by atoms with E-state index in [1.165, 1.54) is 6.20 Å². The summed E-state index contributed by atoms with van der Waals surface area (Å²) in [5.74, 6) is -1.94. The summed E-state index contributed by atoms with van der Waals surface area (Å²) in [6.07, 6.45) is 1.98. The van der Waals surface area contributed by atoms with E-state index in [-0.39, 0.29) is 53.6 Å². The van der Waals surface area contributed by atoms with Gasteiger partial charge in [0.25, 0.3) is 0 Å². The van der Waals surface area contributed by atoms with Gasteiger partial charge in [0, 0.05) is 25.3 Å². The second kappa shape index (κ2) is 6.58. The van der Waals surface area contributed by atoms with Crippen molar-refractivity contribution in [1.82, 2.24) is 4.57 Å². The molecule has 27 heavy (non-hydrogen) atoms. The first-order valence-electron chi connectivity index (χ1n) is 8.37. The fraction of sp³-hybridized carbons (Fsp3) is 0.412. The topological polar surface area (TPSA) is 124 Å². The molecule has 10 heteroatoms. The SMILES string of the molecule is CC1COc2c(N3CCC(N)C3)c(F)c(N)c3c(=O)c(C(=O)O)cn1c23.Cl. The summed E-state index contributed by atoms with van der Waals surface area (Å²) in [7, 11) is 0. The molecule has 0 bridgehead atoms. The van der Waals surface area contributed by atoms with Crippen LogP contribution in [-0.2, 0) is 0 Å². The highest BCUT2D eigenvalue weighted by Gasteiger charge is 2.34. The lowest BCUT2D eigenvalue weighted by Crippen LogP contribution is -2.31. The van der Waals surface area contributed by atoms with Gasteiger partial charge in [-0.05, 0) is 13.3 Å². The van der Waals surface area contributed by atoms with Gasteiger partial charge in [-0.25, -0.2) is 9.18 Å². The number of rotatable bonds is 2. The molecule has 1 aromatic heterocycles. The average Bonchev–Trinajstić information content (AvgIpc) is 3.01. The van der Waals surface area contributed by atoms with Crippen LogP contribution in [0, 0.1) is 5.82 Å². The first kappa shape index (κ1) is 19.2. The number of benzene rings is 1. The summed E-state index contributed by atoms with van der Waals surface area (Å²) < 4.78 is 22.6. The first-order chi connectivity index (χ1) is 12.3. The number of halogens is 2. The molecule has 0 spiro atoms. The quantitative estimate of drug-likeness (QED) is 0.652. The maximum Gasteiger partial charge on any atom is 0.341 e. The number of hydrogen-bond donors (Lipinski definition) is 3. The largest absolute Gasteiger partial charge is 0.487 e. The number of anilines is 2. The Morgan fingerprint density at radius 1 is 1.44 bits per heavy atom. The summed E-state index contributed by atoms with van der Waals surface area (Å²) in [5.41, 5.74) is 10.8. The number of carboxylic acids is 1. The maximum atomic E-state index is 15.1. The molecule has 146 valence electrons. The molecule has 3 heterocycles. The smallest absolute Gasteiger partial charge is 0.341 e. The number of ether oxygens (including phenoxy) is 1. The van der Waals surface area contributed by atoms with E-state index < -0.39 is 22.8 Å². The van der Waals surface area contributed by atoms with E-state index in [1.807, 2.05) is 6.92 Å². The molecule has 0 aliphatic carbocycles. The number of nitrogens with zero attached hydrogens (tertiary/aromatic N) is 2. The molecule has 2 unspecified atom stereocenters. The highest BCUT2D eigenvalue weighted by molar-refractivity contribution is 6.03. The van der Waals surface area contributed by atoms with Crippen LogP contribution >= 0.6 is 12.4 Å². The number of nitrogens with two attached hydrogens (primary N) is 2. The Balaban J connectivity index is 0.00000210. The second-order valence-corrected chi connectivity index (χ2v) is 6.87. The van der Waals surface area contributed by atoms with Crippen LogP contribution in [-0.4, -0.2) is 41.4 Å². The van der Waals surface area contributed by atoms with Crippen molar-refractivity contribution in [1.29, 1.82) is 0 Å². The van der Waals surface area contributed by atoms with Crippen LogP contribution in [0.15, 0.2) is 11.0 Å². The van der Waals surface area contributed by atoms with Crippen LogP contribution in [0.3, 0.4) is 0 Å². The molecule has 1 saturated heterocycles. The Morgan fingerprint density at radius 3 is 2.74 bits per heavy atom. The molecule has 4 rings (SSSR count). The standard InChI is InChI=1S/C17H19FN4O4.ClH/c1-7-6-26-16-13-10(15(23)9(17(24)25)5-22(7)13)12(20)11(18)14(16)21-3-2-8(19)4-21;/h5,7-8H,2-4,6,19-20H2,1H3,(H,24,25);1H. The zero-order valence-corrected chi connectivity index (χ0v) is 15.4. The molecule has 2 atom stereocenters. The van der Waals surface area contributed by atoms with E-state index >= 15 is 4.39 Å². The monoisotopic (exact) mass is 398 g/mol. The molecule has 8 nitrogen and oxygen atoms in total. The van der Waals surface area contributed by atoms with Gasteiger partial charge in [-0.2, -0.15) is 0 Å². The molecular formula is C17H20ClFN4O4. The highest BCUT2D eigenvalue weighted by Crippen LogP contribution is 2.45. The number of pyridine rings is 1. The third-order valence-electron chi connectivity index (χ3n) is 5.09. The van der Waals surface area contributed by atoms with Gasteiger partial charge in [-0.1, -0.05) is 0 Å². The van der Waals surface area contributed by atoms with Crippen molar-refractivity contribution < 1.29 is 19.0 Å². The number of aromatic carboxylic acids is 1. The Labute approximate surface area is 159 Å². The zero-order valence-electron chi connectivity index (χ0n) is 14.6. The summed E-state index contributed by atoms with van der Waals surface area (Å²) in [4.78, 5) is 25.9. The van der Waals surface area contributed by atoms with E-state index in [0.717, 1.165) is 0 Å². The van der Waals surface area contributed by atoms with Crippen LogP contribution in [0.1, 0.15) is 29.7 Å². The Bertz CT molecular complexity index is 1010. The summed E-state index contributed by atoms with van der Waals surface area (Å²) >= 11 is 0. The highest BCUT2D eigenvalue weighted by atomic mass is 35.5. The molecule has 1 aromatic carbocycles. The minimum absolute atomic E-state index is 0. The van der Waals surface area contributed by atoms with Gasteiger partial charge in [0.15, 0.2) is 11.6 Å². The van der Waals surface area contributed by atoms with E-state index in [4.69, 9.17) is 16.2 Å². The maximum absolute atomic E-state index is 15.1. The van der Waals surface area contributed by atoms with Crippen LogP contribution in [0.5, 0.6) is 5.75 Å². The van der Waals surface area contributed by atoms with E-state index in [0.29, 0.717) is 25.0 Å². The predicted molar refractivity (Wildman–Crippen MR) is 102 cm³/mol. The minimum Gasteiger partial charge on any atom is -0.487 e. The third-order valence-corrected chi connectivity index (χ3v) is 5.09. The molecule has 0 amide bonds. The van der Waals surface area contributed by atoms with E-state index in [1.54, 1.807) is 9.47 Å². The Kier molecular flexibility index (Phi) is 4.69. The number of hydrogen-bond acceptors (Lipinski definition) is 6. The number of carbonyl (C=O) groups is 1. The molecule has 5 N–H and O–H groups in total. The number of carboxylic acid groups (broad SMARTS) is 1. The van der Waals surface area contributed by atoms with Gasteiger partial charge in [-0.3, -0.25) is 4.79 Å². The number of nitrogen functional groups attached to an aromatic ring is 1. The van der Waals surface area contributed by atoms with E-state index in [2.05, 4.69) is 0 Å². The van der Waals surface area contributed by atoms with Crippen LogP contribution in [0.25, 0.3) is 10.9 Å². The van der Waals surface area contributed by atoms with Gasteiger partial charge in [0.05, 0.1) is 22.6 Å². The lowest BCUT2D eigenvalue weighted by atomic mass is 10.0. The molecular weight excluding hydrogens is 379 g/mol. The fourth-order valence-electron chi connectivity index (χ4n) is 3.76. The molecule has 2 aliphatic heterocycles. The third kappa shape index (κ3) is 2.69. The molecule has 0 saturated carbocycles. The zero-order chi connectivity index (χ0) is 18.7. The Morgan fingerprint density at radius 2 is 2.15 bits per heavy atom. The van der Waals surface area contributed by atoms with E-state index in [9.17, 15) is 14.7 Å². The van der Waals surface area contributed by atoms with Gasteiger partial charge in [0.2, 0.25) is 5.43 Å². The molecule has 2 aromatic rings. The van der Waals surface area contributed by atoms with Gasteiger partial charge >= 0.3 is 5.97 Å². The first-order valence-corrected chi connectivity index (χ1v) is 8.37. The van der Waals surface area contributed by atoms with Crippen molar-refractivity contribution in [3.63, 3.8) is 0 Å². The van der Waals surface area contributed by atoms with Crippen LogP contribution in [0.4, 0.5) is 15.8 Å². The average molecular weight is 399 g/mol. The number of aromatic nitrogens is 1. The van der Waals surface area contributed by atoms with Crippen LogP contribution in [0.2, 0.25) is 0 Å². The summed E-state index contributed by atoms with van der Waals surface area (Å²) in [6.45, 7) is 3.04. The van der Waals surface area contributed by atoms with Gasteiger partial charge in [0.1, 0.15) is 17.9 Å². The lowest BCUT2D eigenvalue weighted by Gasteiger charge is -2.31. The van der Waals surface area contributed by atoms with Crippen molar-refractivity contribution in [3.8, 4) is 5.75 Å². The van der Waals surface area contributed by atoms with Crippen molar-refractivity contribution in [2.45, 2.75) is 25.4 Å². The molecule has 1 fully saturated rings. The summed E-state index contributed by atoms with van der Waals surface area (Å²) in [6, 6.07) is -0.320. The van der Waals surface area contributed by atoms with Crippen molar-refractivity contribution in [2.75, 3.05) is 30.3 Å².